The molecule has 4 fully saturated rings. The molecule has 0 radical (unpaired) electrons. The van der Waals surface area contributed by atoms with Crippen molar-refractivity contribution < 1.29 is 27.4 Å². The van der Waals surface area contributed by atoms with Gasteiger partial charge in [-0.15, -0.1) is 0 Å². The molecule has 290 valence electrons. The highest BCUT2D eigenvalue weighted by molar-refractivity contribution is 6.62. The highest BCUT2D eigenvalue weighted by Gasteiger charge is 2.53. The van der Waals surface area contributed by atoms with E-state index in [0.29, 0.717) is 24.7 Å². The van der Waals surface area contributed by atoms with Crippen molar-refractivity contribution in [3.05, 3.63) is 113 Å². The van der Waals surface area contributed by atoms with Crippen LogP contribution in [0.25, 0.3) is 0 Å². The van der Waals surface area contributed by atoms with Gasteiger partial charge in [-0.05, 0) is 128 Å². The second kappa shape index (κ2) is 14.2. The Morgan fingerprint density at radius 2 is 1.22 bits per heavy atom. The predicted molar refractivity (Wildman–Crippen MR) is 219 cm³/mol. The summed E-state index contributed by atoms with van der Waals surface area (Å²) in [6.45, 7) is 17.7. The summed E-state index contributed by atoms with van der Waals surface area (Å²) in [6, 6.07) is 22.0. The fraction of sp³-hybridized carbons (Fsp3) is 0.511. The third-order valence-corrected chi connectivity index (χ3v) is 13.8. The summed E-state index contributed by atoms with van der Waals surface area (Å²) in [6.07, 6.45) is 10.8. The number of allylic oxidation sites excluding steroid dienone is 3. The Balaban J connectivity index is 1.06. The molecule has 3 aromatic rings. The molecule has 0 spiro atoms. The lowest BCUT2D eigenvalue weighted by atomic mass is 9.73. The molecule has 10 heteroatoms. The maximum absolute atomic E-state index is 16.4. The highest BCUT2D eigenvalue weighted by Crippen LogP contribution is 2.47. The van der Waals surface area contributed by atoms with Crippen LogP contribution in [-0.4, -0.2) is 55.8 Å². The molecule has 0 aromatic heterocycles. The monoisotopic (exact) mass is 748 g/mol. The minimum absolute atomic E-state index is 0.0337. The summed E-state index contributed by atoms with van der Waals surface area (Å²) >= 11 is 0. The van der Waals surface area contributed by atoms with Crippen LogP contribution >= 0.6 is 0 Å². The highest BCUT2D eigenvalue weighted by atomic mass is 19.1. The van der Waals surface area contributed by atoms with Gasteiger partial charge in [-0.25, -0.2) is 8.78 Å². The van der Waals surface area contributed by atoms with Gasteiger partial charge in [0.2, 0.25) is 0 Å². The summed E-state index contributed by atoms with van der Waals surface area (Å²) < 4.78 is 58.1. The molecule has 0 bridgehead atoms. The van der Waals surface area contributed by atoms with Gasteiger partial charge in [0.15, 0.2) is 11.6 Å². The van der Waals surface area contributed by atoms with Gasteiger partial charge < -0.3 is 28.4 Å². The number of nitrogens with zero attached hydrogens (tertiary/aromatic N) is 2. The molecule has 3 atom stereocenters. The second-order valence-electron chi connectivity index (χ2n) is 18.3. The number of benzene rings is 3. The number of hydrogen-bond donors (Lipinski definition) is 0. The summed E-state index contributed by atoms with van der Waals surface area (Å²) in [7, 11) is -0.886. The minimum Gasteiger partial charge on any atom is -0.399 e. The molecule has 1 unspecified atom stereocenters. The Bertz CT molecular complexity index is 1890. The molecule has 55 heavy (non-hydrogen) atoms. The van der Waals surface area contributed by atoms with Crippen molar-refractivity contribution in [1.29, 1.82) is 0 Å². The molecule has 4 heterocycles. The van der Waals surface area contributed by atoms with Crippen LogP contribution in [0.1, 0.15) is 111 Å². The smallest absolute Gasteiger partial charge is 0.399 e. The largest absolute Gasteiger partial charge is 0.494 e. The zero-order valence-corrected chi connectivity index (χ0v) is 33.8. The van der Waals surface area contributed by atoms with Gasteiger partial charge in [0.25, 0.3) is 0 Å². The van der Waals surface area contributed by atoms with Gasteiger partial charge in [0.1, 0.15) is 5.69 Å². The van der Waals surface area contributed by atoms with E-state index in [1.54, 1.807) is 12.1 Å². The number of halogens is 2. The van der Waals surface area contributed by atoms with Crippen molar-refractivity contribution in [2.24, 2.45) is 5.92 Å². The number of rotatable bonds is 7. The molecule has 0 N–H and O–H groups in total. The molecule has 4 aliphatic heterocycles. The third kappa shape index (κ3) is 7.11. The average molecular weight is 749 g/mol. The van der Waals surface area contributed by atoms with Crippen LogP contribution in [0.3, 0.4) is 0 Å². The molecular formula is C45H56B2F2N2O4. The van der Waals surface area contributed by atoms with Crippen molar-refractivity contribution in [2.75, 3.05) is 22.9 Å². The fourth-order valence-corrected chi connectivity index (χ4v) is 9.07. The zero-order valence-electron chi connectivity index (χ0n) is 33.8. The van der Waals surface area contributed by atoms with E-state index in [9.17, 15) is 0 Å². The molecule has 6 nitrogen and oxygen atoms in total. The van der Waals surface area contributed by atoms with Gasteiger partial charge >= 0.3 is 14.2 Å². The van der Waals surface area contributed by atoms with Crippen LogP contribution < -0.4 is 15.3 Å². The van der Waals surface area contributed by atoms with E-state index in [0.717, 1.165) is 48.6 Å². The van der Waals surface area contributed by atoms with E-state index < -0.39 is 48.3 Å². The fourth-order valence-electron chi connectivity index (χ4n) is 9.07. The van der Waals surface area contributed by atoms with E-state index in [4.69, 9.17) is 18.6 Å². The molecule has 1 aliphatic carbocycles. The van der Waals surface area contributed by atoms with Gasteiger partial charge in [-0.1, -0.05) is 72.8 Å². The zero-order chi connectivity index (χ0) is 38.9. The topological polar surface area (TPSA) is 43.4 Å². The van der Waals surface area contributed by atoms with Crippen molar-refractivity contribution in [3.8, 4) is 0 Å². The van der Waals surface area contributed by atoms with E-state index in [-0.39, 0.29) is 23.7 Å². The summed E-state index contributed by atoms with van der Waals surface area (Å²) in [5.74, 6) is -0.470. The summed E-state index contributed by atoms with van der Waals surface area (Å²) in [5.41, 5.74) is 3.32. The SMILES string of the molecule is CC1(C)OB(C2=CCC([C@H]3CC[C@H](c4ccc(B5OC(C)(C)C(C)(C)O5)cc4)N3c3cc(F)c(N4CCC(c5ccccc5)CC4)c(F)c3)C=C2)OC1(C)C. The first-order valence-electron chi connectivity index (χ1n) is 20.3. The van der Waals surface area contributed by atoms with Crippen LogP contribution in [0.15, 0.2) is 90.4 Å². The minimum atomic E-state index is -0.504. The van der Waals surface area contributed by atoms with E-state index in [2.05, 4.69) is 127 Å². The van der Waals surface area contributed by atoms with E-state index >= 15 is 8.78 Å². The Morgan fingerprint density at radius 1 is 0.655 bits per heavy atom. The maximum atomic E-state index is 16.4. The normalized spacial score (nSPS) is 27.2. The maximum Gasteiger partial charge on any atom is 0.494 e. The molecule has 5 aliphatic rings. The predicted octanol–water partition coefficient (Wildman–Crippen LogP) is 9.49. The Hall–Kier alpha value is -3.43. The van der Waals surface area contributed by atoms with Crippen molar-refractivity contribution in [2.45, 2.75) is 128 Å². The van der Waals surface area contributed by atoms with Crippen LogP contribution in [0.2, 0.25) is 0 Å². The van der Waals surface area contributed by atoms with Gasteiger partial charge in [0.05, 0.1) is 28.4 Å². The summed E-state index contributed by atoms with van der Waals surface area (Å²) in [5, 5.41) is 0. The molecule has 3 aromatic carbocycles. The average Bonchev–Trinajstić information content (AvgIpc) is 3.76. The molecule has 0 saturated carbocycles. The Morgan fingerprint density at radius 3 is 1.76 bits per heavy atom. The molecule has 8 rings (SSSR count). The van der Waals surface area contributed by atoms with Crippen LogP contribution in [0, 0.1) is 17.6 Å². The van der Waals surface area contributed by atoms with Crippen LogP contribution in [-0.2, 0) is 18.6 Å². The summed E-state index contributed by atoms with van der Waals surface area (Å²) in [4.78, 5) is 4.18. The standard InChI is InChI=1S/C45H56B2F2N2O4/c1-42(2)43(3,4)53-46(52-42)34-18-14-32(15-19-34)39-22-23-40(33-16-20-35(21-17-33)47-54-44(5,6)45(7,8)55-47)51(39)36-28-37(48)41(38(49)29-36)50-26-24-31(25-27-50)30-12-10-9-11-13-30/h9-16,18-21,28-29,31,33,39-40H,17,22-27H2,1-8H3/t33?,39-,40-/m1/s1. The van der Waals surface area contributed by atoms with Gasteiger partial charge in [0, 0.05) is 30.7 Å². The van der Waals surface area contributed by atoms with Crippen LogP contribution in [0.4, 0.5) is 20.2 Å². The van der Waals surface area contributed by atoms with Crippen molar-refractivity contribution >= 4 is 31.1 Å². The van der Waals surface area contributed by atoms with Crippen molar-refractivity contribution in [3.63, 3.8) is 0 Å². The lowest BCUT2D eigenvalue weighted by Gasteiger charge is -2.38. The van der Waals surface area contributed by atoms with E-state index in [1.807, 2.05) is 11.0 Å². The number of hydrogen-bond acceptors (Lipinski definition) is 6. The first-order chi connectivity index (χ1) is 26.0. The lowest BCUT2D eigenvalue weighted by molar-refractivity contribution is 0.00578. The van der Waals surface area contributed by atoms with Gasteiger partial charge in [-0.2, -0.15) is 0 Å². The number of piperidine rings is 1. The van der Waals surface area contributed by atoms with Crippen LogP contribution in [0.5, 0.6) is 0 Å². The molecular weight excluding hydrogens is 692 g/mol. The Labute approximate surface area is 327 Å². The second-order valence-corrected chi connectivity index (χ2v) is 18.3. The number of anilines is 2. The molecule has 4 saturated heterocycles. The first kappa shape index (κ1) is 38.4. The third-order valence-electron chi connectivity index (χ3n) is 13.8. The first-order valence-corrected chi connectivity index (χ1v) is 20.3. The Kier molecular flexibility index (Phi) is 9.92. The lowest BCUT2D eigenvalue weighted by Crippen LogP contribution is -2.41. The van der Waals surface area contributed by atoms with E-state index in [1.165, 1.54) is 5.56 Å². The quantitative estimate of drug-likeness (QED) is 0.225. The molecule has 0 amide bonds. The van der Waals surface area contributed by atoms with Crippen molar-refractivity contribution in [1.82, 2.24) is 0 Å². The van der Waals surface area contributed by atoms with Gasteiger partial charge in [-0.3, -0.25) is 0 Å².